The van der Waals surface area contributed by atoms with Gasteiger partial charge in [0.05, 0.1) is 19.3 Å². The van der Waals surface area contributed by atoms with Crippen molar-refractivity contribution in [3.05, 3.63) is 42.0 Å². The quantitative estimate of drug-likeness (QED) is 0.658. The highest BCUT2D eigenvalue weighted by Crippen LogP contribution is 2.34. The lowest BCUT2D eigenvalue weighted by Crippen LogP contribution is -2.30. The number of anilines is 1. The second-order valence-electron chi connectivity index (χ2n) is 7.18. The minimum atomic E-state index is -1.01. The minimum Gasteiger partial charge on any atom is -0.493 e. The van der Waals surface area contributed by atoms with Gasteiger partial charge in [0.1, 0.15) is 0 Å². The van der Waals surface area contributed by atoms with Crippen LogP contribution in [0, 0.1) is 5.92 Å². The van der Waals surface area contributed by atoms with Crippen LogP contribution in [0.5, 0.6) is 23.0 Å². The van der Waals surface area contributed by atoms with Gasteiger partial charge in [0.15, 0.2) is 29.1 Å². The maximum absolute atomic E-state index is 12.5. The van der Waals surface area contributed by atoms with Gasteiger partial charge in [0.25, 0.3) is 5.91 Å². The first-order valence-corrected chi connectivity index (χ1v) is 9.59. The van der Waals surface area contributed by atoms with Crippen LogP contribution in [0.2, 0.25) is 0 Å². The van der Waals surface area contributed by atoms with Gasteiger partial charge in [-0.2, -0.15) is 0 Å². The van der Waals surface area contributed by atoms with E-state index in [0.29, 0.717) is 41.2 Å². The lowest BCUT2D eigenvalue weighted by atomic mass is 10.2. The number of ether oxygens (including phenoxy) is 5. The standard InChI is InChI=1S/C22H25NO7/c1-13(2)11-27-17-7-5-15(9-19(17)26-4)22(25)30-14(3)21(24)23-16-6-8-18-20(10-16)29-12-28-18/h5-10,13-14H,11-12H2,1-4H3,(H,23,24)/t14-/m1/s1. The fraction of sp³-hybridized carbons (Fsp3) is 0.364. The topological polar surface area (TPSA) is 92.3 Å². The molecule has 8 heteroatoms. The molecule has 0 saturated carbocycles. The van der Waals surface area contributed by atoms with Gasteiger partial charge in [-0.3, -0.25) is 4.79 Å². The number of carbonyl (C=O) groups excluding carboxylic acids is 2. The van der Waals surface area contributed by atoms with Crippen molar-refractivity contribution in [1.82, 2.24) is 0 Å². The molecule has 0 saturated heterocycles. The number of carbonyl (C=O) groups is 2. The smallest absolute Gasteiger partial charge is 0.339 e. The van der Waals surface area contributed by atoms with E-state index in [9.17, 15) is 9.59 Å². The third-order valence-corrected chi connectivity index (χ3v) is 4.26. The maximum Gasteiger partial charge on any atom is 0.339 e. The first-order valence-electron chi connectivity index (χ1n) is 9.59. The Labute approximate surface area is 175 Å². The molecule has 8 nitrogen and oxygen atoms in total. The van der Waals surface area contributed by atoms with E-state index in [1.807, 2.05) is 13.8 Å². The minimum absolute atomic E-state index is 0.144. The highest BCUT2D eigenvalue weighted by Gasteiger charge is 2.21. The van der Waals surface area contributed by atoms with Crippen molar-refractivity contribution in [3.8, 4) is 23.0 Å². The van der Waals surface area contributed by atoms with Gasteiger partial charge in [-0.1, -0.05) is 13.8 Å². The Morgan fingerprint density at radius 2 is 1.80 bits per heavy atom. The third-order valence-electron chi connectivity index (χ3n) is 4.26. The van der Waals surface area contributed by atoms with E-state index in [-0.39, 0.29) is 12.4 Å². The highest BCUT2D eigenvalue weighted by molar-refractivity contribution is 5.97. The predicted molar refractivity (Wildman–Crippen MR) is 109 cm³/mol. The Balaban J connectivity index is 1.61. The van der Waals surface area contributed by atoms with Crippen LogP contribution in [0.4, 0.5) is 5.69 Å². The molecule has 0 bridgehead atoms. The molecule has 0 unspecified atom stereocenters. The highest BCUT2D eigenvalue weighted by atomic mass is 16.7. The Morgan fingerprint density at radius 1 is 1.03 bits per heavy atom. The van der Waals surface area contributed by atoms with Gasteiger partial charge in [0, 0.05) is 11.8 Å². The zero-order valence-electron chi connectivity index (χ0n) is 17.4. The molecule has 30 heavy (non-hydrogen) atoms. The molecule has 1 amide bonds. The lowest BCUT2D eigenvalue weighted by molar-refractivity contribution is -0.123. The number of amides is 1. The summed E-state index contributed by atoms with van der Waals surface area (Å²) in [5.41, 5.74) is 0.770. The Bertz CT molecular complexity index is 926. The summed E-state index contributed by atoms with van der Waals surface area (Å²) in [6.07, 6.45) is -1.01. The van der Waals surface area contributed by atoms with E-state index in [0.717, 1.165) is 0 Å². The molecule has 1 aliphatic heterocycles. The number of esters is 1. The van der Waals surface area contributed by atoms with Crippen molar-refractivity contribution in [2.45, 2.75) is 26.9 Å². The Morgan fingerprint density at radius 3 is 2.53 bits per heavy atom. The van der Waals surface area contributed by atoms with Gasteiger partial charge < -0.3 is 29.0 Å². The van der Waals surface area contributed by atoms with Crippen molar-refractivity contribution >= 4 is 17.6 Å². The van der Waals surface area contributed by atoms with Gasteiger partial charge in [-0.25, -0.2) is 4.79 Å². The lowest BCUT2D eigenvalue weighted by Gasteiger charge is -2.15. The summed E-state index contributed by atoms with van der Waals surface area (Å²) >= 11 is 0. The number of rotatable bonds is 8. The van der Waals surface area contributed by atoms with Gasteiger partial charge >= 0.3 is 5.97 Å². The molecular weight excluding hydrogens is 390 g/mol. The normalized spacial score (nSPS) is 13.0. The molecule has 1 atom stereocenters. The predicted octanol–water partition coefficient (Wildman–Crippen LogP) is 3.64. The summed E-state index contributed by atoms with van der Waals surface area (Å²) in [6.45, 7) is 6.24. The van der Waals surface area contributed by atoms with Crippen molar-refractivity contribution in [1.29, 1.82) is 0 Å². The summed E-state index contributed by atoms with van der Waals surface area (Å²) in [5.74, 6) is 1.36. The number of methoxy groups -OCH3 is 1. The molecule has 1 N–H and O–H groups in total. The van der Waals surface area contributed by atoms with Crippen LogP contribution in [0.25, 0.3) is 0 Å². The van der Waals surface area contributed by atoms with E-state index >= 15 is 0 Å². The summed E-state index contributed by atoms with van der Waals surface area (Å²) in [5, 5.41) is 2.69. The molecule has 0 fully saturated rings. The number of fused-ring (bicyclic) bond motifs is 1. The van der Waals surface area contributed by atoms with Crippen molar-refractivity contribution in [3.63, 3.8) is 0 Å². The van der Waals surface area contributed by atoms with E-state index in [4.69, 9.17) is 23.7 Å². The summed E-state index contributed by atoms with van der Waals surface area (Å²) in [6, 6.07) is 9.78. The number of hydrogen-bond donors (Lipinski definition) is 1. The second-order valence-corrected chi connectivity index (χ2v) is 7.18. The van der Waals surface area contributed by atoms with Gasteiger partial charge in [-0.05, 0) is 43.2 Å². The van der Waals surface area contributed by atoms with Gasteiger partial charge in [-0.15, -0.1) is 0 Å². The SMILES string of the molecule is COc1cc(C(=O)O[C@H](C)C(=O)Nc2ccc3c(c2)OCO3)ccc1OCC(C)C. The van der Waals surface area contributed by atoms with Crippen LogP contribution in [0.3, 0.4) is 0 Å². The number of hydrogen-bond acceptors (Lipinski definition) is 7. The fourth-order valence-electron chi connectivity index (χ4n) is 2.67. The fourth-order valence-corrected chi connectivity index (χ4v) is 2.67. The summed E-state index contributed by atoms with van der Waals surface area (Å²) in [7, 11) is 1.49. The Hall–Kier alpha value is -3.42. The molecule has 2 aromatic rings. The number of benzene rings is 2. The van der Waals surface area contributed by atoms with Crippen LogP contribution >= 0.6 is 0 Å². The first kappa shape index (κ1) is 21.3. The molecule has 0 aromatic heterocycles. The van der Waals surface area contributed by atoms with Crippen molar-refractivity contribution < 1.29 is 33.3 Å². The molecular formula is C22H25NO7. The van der Waals surface area contributed by atoms with Crippen LogP contribution < -0.4 is 24.3 Å². The zero-order chi connectivity index (χ0) is 21.7. The zero-order valence-corrected chi connectivity index (χ0v) is 17.4. The van der Waals surface area contributed by atoms with Crippen molar-refractivity contribution in [2.24, 2.45) is 5.92 Å². The monoisotopic (exact) mass is 415 g/mol. The average Bonchev–Trinajstić information content (AvgIpc) is 3.19. The molecule has 0 radical (unpaired) electrons. The molecule has 2 aromatic carbocycles. The largest absolute Gasteiger partial charge is 0.493 e. The van der Waals surface area contributed by atoms with E-state index in [1.54, 1.807) is 30.3 Å². The third kappa shape index (κ3) is 5.14. The van der Waals surface area contributed by atoms with Crippen LogP contribution in [-0.4, -0.2) is 38.5 Å². The molecule has 0 spiro atoms. The summed E-state index contributed by atoms with van der Waals surface area (Å²) in [4.78, 5) is 24.9. The van der Waals surface area contributed by atoms with Crippen LogP contribution in [-0.2, 0) is 9.53 Å². The average molecular weight is 415 g/mol. The molecule has 3 rings (SSSR count). The van der Waals surface area contributed by atoms with Gasteiger partial charge in [0.2, 0.25) is 6.79 Å². The van der Waals surface area contributed by atoms with Crippen LogP contribution in [0.1, 0.15) is 31.1 Å². The number of nitrogens with one attached hydrogen (secondary N) is 1. The van der Waals surface area contributed by atoms with Crippen molar-refractivity contribution in [2.75, 3.05) is 25.8 Å². The molecule has 160 valence electrons. The molecule has 1 heterocycles. The summed E-state index contributed by atoms with van der Waals surface area (Å²) < 4.78 is 26.8. The second kappa shape index (κ2) is 9.39. The van der Waals surface area contributed by atoms with E-state index < -0.39 is 18.0 Å². The first-order chi connectivity index (χ1) is 14.4. The molecule has 0 aliphatic carbocycles. The Kier molecular flexibility index (Phi) is 6.66. The van der Waals surface area contributed by atoms with E-state index in [1.165, 1.54) is 20.1 Å². The molecule has 1 aliphatic rings. The maximum atomic E-state index is 12.5. The van der Waals surface area contributed by atoms with E-state index in [2.05, 4.69) is 5.32 Å². The van der Waals surface area contributed by atoms with Crippen LogP contribution in [0.15, 0.2) is 36.4 Å².